The highest BCUT2D eigenvalue weighted by Crippen LogP contribution is 2.40. The minimum atomic E-state index is 0.702. The van der Waals surface area contributed by atoms with Crippen molar-refractivity contribution < 1.29 is 4.74 Å². The van der Waals surface area contributed by atoms with Gasteiger partial charge in [0.2, 0.25) is 0 Å². The van der Waals surface area contributed by atoms with Crippen LogP contribution in [-0.2, 0) is 0 Å². The summed E-state index contributed by atoms with van der Waals surface area (Å²) in [5.41, 5.74) is 0. The fraction of sp³-hybridized carbons (Fsp3) is 0.727. The Morgan fingerprint density at radius 3 is 2.16 bits per heavy atom. The van der Waals surface area contributed by atoms with Gasteiger partial charge in [0.25, 0.3) is 0 Å². The molecule has 1 atom stereocenters. The van der Waals surface area contributed by atoms with Crippen LogP contribution in [0.4, 0.5) is 0 Å². The summed E-state index contributed by atoms with van der Waals surface area (Å²) in [5, 5.41) is 1.11. The summed E-state index contributed by atoms with van der Waals surface area (Å²) in [7, 11) is 0. The summed E-state index contributed by atoms with van der Waals surface area (Å²) in [4.78, 5) is 1.55. The largest absolute Gasteiger partial charge is 0.484 e. The molecule has 1 unspecified atom stereocenters. The molecule has 0 aliphatic heterocycles. The van der Waals surface area contributed by atoms with Crippen LogP contribution < -0.4 is 4.74 Å². The standard InChI is InChI=1S/C22H36OS2/c1-4-6-8-9-10-11-13-15-23-22-17-21-20(25-22)16-19(24-21)18(3)14-12-7-5-2/h16-18H,4-15H2,1-3H3. The fourth-order valence-corrected chi connectivity index (χ4v) is 5.58. The molecule has 25 heavy (non-hydrogen) atoms. The van der Waals surface area contributed by atoms with Gasteiger partial charge < -0.3 is 4.74 Å². The number of rotatable bonds is 14. The van der Waals surface area contributed by atoms with Crippen LogP contribution in [0.5, 0.6) is 5.06 Å². The molecule has 0 N–H and O–H groups in total. The maximum absolute atomic E-state index is 5.98. The molecule has 0 aromatic carbocycles. The molecule has 0 aliphatic carbocycles. The molecule has 142 valence electrons. The minimum absolute atomic E-state index is 0.702. The van der Waals surface area contributed by atoms with E-state index in [1.165, 1.54) is 80.0 Å². The zero-order valence-electron chi connectivity index (χ0n) is 16.4. The topological polar surface area (TPSA) is 9.23 Å². The van der Waals surface area contributed by atoms with E-state index in [9.17, 15) is 0 Å². The maximum atomic E-state index is 5.98. The first-order valence-electron chi connectivity index (χ1n) is 10.4. The molecular weight excluding hydrogens is 344 g/mol. The third-order valence-corrected chi connectivity index (χ3v) is 7.36. The van der Waals surface area contributed by atoms with Gasteiger partial charge in [0.1, 0.15) is 0 Å². The fourth-order valence-electron chi connectivity index (χ4n) is 3.22. The molecule has 3 heteroatoms. The van der Waals surface area contributed by atoms with Crippen LogP contribution in [-0.4, -0.2) is 6.61 Å². The molecular formula is C22H36OS2. The predicted octanol–water partition coefficient (Wildman–Crippen LogP) is 8.78. The van der Waals surface area contributed by atoms with Gasteiger partial charge in [-0.3, -0.25) is 0 Å². The van der Waals surface area contributed by atoms with Gasteiger partial charge in [0.05, 0.1) is 6.61 Å². The van der Waals surface area contributed by atoms with Crippen molar-refractivity contribution in [3.05, 3.63) is 17.0 Å². The minimum Gasteiger partial charge on any atom is -0.484 e. The zero-order chi connectivity index (χ0) is 17.9. The highest BCUT2D eigenvalue weighted by atomic mass is 32.1. The van der Waals surface area contributed by atoms with E-state index in [-0.39, 0.29) is 0 Å². The predicted molar refractivity (Wildman–Crippen MR) is 116 cm³/mol. The van der Waals surface area contributed by atoms with Crippen molar-refractivity contribution in [3.63, 3.8) is 0 Å². The van der Waals surface area contributed by atoms with E-state index < -0.39 is 0 Å². The molecule has 0 aliphatic rings. The lowest BCUT2D eigenvalue weighted by Gasteiger charge is -2.08. The van der Waals surface area contributed by atoms with E-state index in [1.54, 1.807) is 4.88 Å². The monoisotopic (exact) mass is 380 g/mol. The van der Waals surface area contributed by atoms with Crippen molar-refractivity contribution in [3.8, 4) is 5.06 Å². The molecule has 1 nitrogen and oxygen atoms in total. The first kappa shape index (κ1) is 20.8. The lowest BCUT2D eigenvalue weighted by molar-refractivity contribution is 0.313. The summed E-state index contributed by atoms with van der Waals surface area (Å²) < 4.78 is 8.81. The summed E-state index contributed by atoms with van der Waals surface area (Å²) in [6.07, 6.45) is 14.7. The van der Waals surface area contributed by atoms with Crippen LogP contribution in [0.2, 0.25) is 0 Å². The molecule has 2 aromatic heterocycles. The highest BCUT2D eigenvalue weighted by molar-refractivity contribution is 7.28. The van der Waals surface area contributed by atoms with Gasteiger partial charge in [-0.1, -0.05) is 89.9 Å². The third-order valence-electron chi connectivity index (χ3n) is 4.92. The Kier molecular flexibility index (Phi) is 9.93. The van der Waals surface area contributed by atoms with Gasteiger partial charge >= 0.3 is 0 Å². The van der Waals surface area contributed by atoms with Crippen molar-refractivity contribution in [2.75, 3.05) is 6.61 Å². The van der Waals surface area contributed by atoms with E-state index in [2.05, 4.69) is 32.9 Å². The van der Waals surface area contributed by atoms with Crippen molar-refractivity contribution >= 4 is 32.1 Å². The summed E-state index contributed by atoms with van der Waals surface area (Å²) in [5.74, 6) is 0.702. The number of hydrogen-bond donors (Lipinski definition) is 0. The van der Waals surface area contributed by atoms with Crippen molar-refractivity contribution in [1.82, 2.24) is 0 Å². The second kappa shape index (κ2) is 12.0. The quantitative estimate of drug-likeness (QED) is 0.297. The van der Waals surface area contributed by atoms with Gasteiger partial charge in [0, 0.05) is 20.3 Å². The molecule has 0 fully saturated rings. The average Bonchev–Trinajstić information content (AvgIpc) is 3.16. The van der Waals surface area contributed by atoms with Gasteiger partial charge in [-0.25, -0.2) is 0 Å². The van der Waals surface area contributed by atoms with Crippen molar-refractivity contribution in [1.29, 1.82) is 0 Å². The number of hydrogen-bond acceptors (Lipinski definition) is 3. The van der Waals surface area contributed by atoms with Crippen LogP contribution in [0.25, 0.3) is 9.40 Å². The van der Waals surface area contributed by atoms with Crippen LogP contribution in [0.3, 0.4) is 0 Å². The number of fused-ring (bicyclic) bond motifs is 1. The van der Waals surface area contributed by atoms with Gasteiger partial charge in [-0.05, 0) is 24.8 Å². The van der Waals surface area contributed by atoms with E-state index in [0.717, 1.165) is 11.7 Å². The zero-order valence-corrected chi connectivity index (χ0v) is 18.1. The van der Waals surface area contributed by atoms with Gasteiger partial charge in [-0.2, -0.15) is 0 Å². The first-order chi connectivity index (χ1) is 12.2. The number of thiophene rings is 2. The van der Waals surface area contributed by atoms with E-state index >= 15 is 0 Å². The molecule has 0 amide bonds. The van der Waals surface area contributed by atoms with Crippen LogP contribution in [0, 0.1) is 0 Å². The Hall–Kier alpha value is -0.540. The van der Waals surface area contributed by atoms with Crippen molar-refractivity contribution in [2.45, 2.75) is 97.3 Å². The second-order valence-corrected chi connectivity index (χ2v) is 9.47. The molecule has 0 bridgehead atoms. The summed E-state index contributed by atoms with van der Waals surface area (Å²) >= 11 is 3.80. The number of unbranched alkanes of at least 4 members (excludes halogenated alkanes) is 8. The van der Waals surface area contributed by atoms with Gasteiger partial charge in [-0.15, -0.1) is 11.3 Å². The smallest absolute Gasteiger partial charge is 0.175 e. The van der Waals surface area contributed by atoms with E-state index in [4.69, 9.17) is 4.74 Å². The molecule has 0 saturated heterocycles. The highest BCUT2D eigenvalue weighted by Gasteiger charge is 2.12. The van der Waals surface area contributed by atoms with E-state index in [0.29, 0.717) is 5.92 Å². The Balaban J connectivity index is 1.68. The van der Waals surface area contributed by atoms with E-state index in [1.807, 2.05) is 22.7 Å². The lowest BCUT2D eigenvalue weighted by atomic mass is 10.0. The molecule has 0 radical (unpaired) electrons. The van der Waals surface area contributed by atoms with Crippen LogP contribution in [0.1, 0.15) is 102 Å². The second-order valence-electron chi connectivity index (χ2n) is 7.31. The van der Waals surface area contributed by atoms with Crippen LogP contribution in [0.15, 0.2) is 12.1 Å². The Morgan fingerprint density at radius 2 is 1.44 bits per heavy atom. The SMILES string of the molecule is CCCCCCCCCOc1cc2sc(C(C)CCCCC)cc2s1. The molecule has 2 aromatic rings. The number of ether oxygens (including phenoxy) is 1. The third kappa shape index (κ3) is 7.30. The Labute approximate surface area is 162 Å². The maximum Gasteiger partial charge on any atom is 0.175 e. The first-order valence-corrected chi connectivity index (χ1v) is 12.0. The molecule has 0 saturated carbocycles. The van der Waals surface area contributed by atoms with Crippen molar-refractivity contribution in [2.24, 2.45) is 0 Å². The Bertz CT molecular complexity index is 552. The summed E-state index contributed by atoms with van der Waals surface area (Å²) in [6, 6.07) is 4.66. The van der Waals surface area contributed by atoms with Gasteiger partial charge in [0.15, 0.2) is 5.06 Å². The molecule has 0 spiro atoms. The summed E-state index contributed by atoms with van der Waals surface area (Å²) in [6.45, 7) is 7.81. The lowest BCUT2D eigenvalue weighted by Crippen LogP contribution is -1.95. The molecule has 2 rings (SSSR count). The van der Waals surface area contributed by atoms with Crippen LogP contribution >= 0.6 is 22.7 Å². The Morgan fingerprint density at radius 1 is 0.800 bits per heavy atom. The molecule has 2 heterocycles. The normalized spacial score (nSPS) is 12.8. The average molecular weight is 381 g/mol.